The fraction of sp³-hybridized carbons (Fsp3) is 0.278. The second-order valence-electron chi connectivity index (χ2n) is 5.41. The predicted octanol–water partition coefficient (Wildman–Crippen LogP) is 3.20. The van der Waals surface area contributed by atoms with Crippen molar-refractivity contribution >= 4 is 11.0 Å². The van der Waals surface area contributed by atoms with E-state index in [2.05, 4.69) is 36.2 Å². The van der Waals surface area contributed by atoms with E-state index in [4.69, 9.17) is 0 Å². The molecule has 2 aromatic carbocycles. The predicted molar refractivity (Wildman–Crippen MR) is 85.3 cm³/mol. The molecule has 0 aliphatic carbocycles. The number of benzene rings is 2. The fourth-order valence-corrected chi connectivity index (χ4v) is 2.63. The monoisotopic (exact) mass is 280 g/mol. The minimum Gasteiger partial charge on any atom is -0.391 e. The second-order valence-corrected chi connectivity index (χ2v) is 5.41. The lowest BCUT2D eigenvalue weighted by Crippen LogP contribution is -2.18. The highest BCUT2D eigenvalue weighted by Crippen LogP contribution is 2.14. The maximum atomic E-state index is 10.3. The SMILES string of the molecule is CCc1ccc(CC(O)Cn2cnc3ccccc32)cc1. The summed E-state index contributed by atoms with van der Waals surface area (Å²) in [5, 5.41) is 10.3. The van der Waals surface area contributed by atoms with Crippen molar-refractivity contribution < 1.29 is 5.11 Å². The number of hydrogen-bond donors (Lipinski definition) is 1. The molecular weight excluding hydrogens is 260 g/mol. The van der Waals surface area contributed by atoms with Crippen LogP contribution in [0.3, 0.4) is 0 Å². The molecule has 3 heteroatoms. The highest BCUT2D eigenvalue weighted by atomic mass is 16.3. The van der Waals surface area contributed by atoms with Crippen molar-refractivity contribution in [2.24, 2.45) is 0 Å². The van der Waals surface area contributed by atoms with Gasteiger partial charge in [-0.05, 0) is 29.7 Å². The third-order valence-electron chi connectivity index (χ3n) is 3.84. The fourth-order valence-electron chi connectivity index (χ4n) is 2.63. The zero-order valence-electron chi connectivity index (χ0n) is 12.2. The van der Waals surface area contributed by atoms with Gasteiger partial charge in [0.05, 0.1) is 30.0 Å². The first-order chi connectivity index (χ1) is 10.3. The van der Waals surface area contributed by atoms with Gasteiger partial charge in [-0.15, -0.1) is 0 Å². The Balaban J connectivity index is 1.69. The van der Waals surface area contributed by atoms with Crippen LogP contribution in [0.4, 0.5) is 0 Å². The lowest BCUT2D eigenvalue weighted by atomic mass is 10.0. The molecule has 0 aliphatic heterocycles. The summed E-state index contributed by atoms with van der Waals surface area (Å²) in [7, 11) is 0. The van der Waals surface area contributed by atoms with Crippen molar-refractivity contribution in [3.63, 3.8) is 0 Å². The van der Waals surface area contributed by atoms with E-state index in [1.807, 2.05) is 28.8 Å². The van der Waals surface area contributed by atoms with Crippen molar-refractivity contribution in [1.82, 2.24) is 9.55 Å². The van der Waals surface area contributed by atoms with Gasteiger partial charge in [0, 0.05) is 6.42 Å². The minimum atomic E-state index is -0.407. The zero-order chi connectivity index (χ0) is 14.7. The molecule has 1 atom stereocenters. The van der Waals surface area contributed by atoms with Gasteiger partial charge < -0.3 is 9.67 Å². The van der Waals surface area contributed by atoms with E-state index in [0.717, 1.165) is 17.5 Å². The Morgan fingerprint density at radius 2 is 1.76 bits per heavy atom. The van der Waals surface area contributed by atoms with Crippen LogP contribution in [0.2, 0.25) is 0 Å². The number of fused-ring (bicyclic) bond motifs is 1. The molecule has 0 bridgehead atoms. The van der Waals surface area contributed by atoms with Crippen molar-refractivity contribution in [3.8, 4) is 0 Å². The Morgan fingerprint density at radius 1 is 1.05 bits per heavy atom. The largest absolute Gasteiger partial charge is 0.391 e. The molecule has 0 saturated heterocycles. The highest BCUT2D eigenvalue weighted by Gasteiger charge is 2.09. The molecule has 1 N–H and O–H groups in total. The number of nitrogens with zero attached hydrogens (tertiary/aromatic N) is 2. The summed E-state index contributed by atoms with van der Waals surface area (Å²) in [6, 6.07) is 16.5. The number of aryl methyl sites for hydroxylation is 1. The summed E-state index contributed by atoms with van der Waals surface area (Å²) in [5.41, 5.74) is 4.54. The molecule has 1 aromatic heterocycles. The Morgan fingerprint density at radius 3 is 2.52 bits per heavy atom. The normalized spacial score (nSPS) is 12.7. The number of imidazole rings is 1. The van der Waals surface area contributed by atoms with Crippen molar-refractivity contribution in [3.05, 3.63) is 66.0 Å². The third kappa shape index (κ3) is 3.14. The molecule has 21 heavy (non-hydrogen) atoms. The molecule has 0 fully saturated rings. The lowest BCUT2D eigenvalue weighted by molar-refractivity contribution is 0.155. The molecule has 1 unspecified atom stereocenters. The van der Waals surface area contributed by atoms with Crippen LogP contribution in [-0.4, -0.2) is 20.8 Å². The number of para-hydroxylation sites is 2. The zero-order valence-corrected chi connectivity index (χ0v) is 12.2. The van der Waals surface area contributed by atoms with Gasteiger partial charge in [0.2, 0.25) is 0 Å². The van der Waals surface area contributed by atoms with Crippen LogP contribution in [0.25, 0.3) is 11.0 Å². The number of aliphatic hydroxyl groups is 1. The highest BCUT2D eigenvalue weighted by molar-refractivity contribution is 5.74. The topological polar surface area (TPSA) is 38.0 Å². The summed E-state index contributed by atoms with van der Waals surface area (Å²) in [6.45, 7) is 2.71. The smallest absolute Gasteiger partial charge is 0.0959 e. The molecule has 0 spiro atoms. The van der Waals surface area contributed by atoms with Gasteiger partial charge in [-0.3, -0.25) is 0 Å². The average molecular weight is 280 g/mol. The van der Waals surface area contributed by atoms with Gasteiger partial charge in [0.1, 0.15) is 0 Å². The lowest BCUT2D eigenvalue weighted by Gasteiger charge is -2.12. The number of rotatable bonds is 5. The van der Waals surface area contributed by atoms with E-state index in [0.29, 0.717) is 13.0 Å². The first-order valence-corrected chi connectivity index (χ1v) is 7.42. The van der Waals surface area contributed by atoms with Crippen molar-refractivity contribution in [2.75, 3.05) is 0 Å². The molecule has 0 aliphatic rings. The van der Waals surface area contributed by atoms with Gasteiger partial charge in [-0.2, -0.15) is 0 Å². The van der Waals surface area contributed by atoms with Crippen LogP contribution >= 0.6 is 0 Å². The molecule has 3 nitrogen and oxygen atoms in total. The van der Waals surface area contributed by atoms with Gasteiger partial charge in [-0.25, -0.2) is 4.98 Å². The molecule has 0 radical (unpaired) electrons. The summed E-state index contributed by atoms with van der Waals surface area (Å²) in [5.74, 6) is 0. The first-order valence-electron chi connectivity index (χ1n) is 7.42. The molecule has 1 heterocycles. The Labute approximate surface area is 124 Å². The van der Waals surface area contributed by atoms with Gasteiger partial charge in [0.15, 0.2) is 0 Å². The Bertz CT molecular complexity index is 715. The summed E-state index contributed by atoms with van der Waals surface area (Å²) in [4.78, 5) is 4.35. The third-order valence-corrected chi connectivity index (χ3v) is 3.84. The van der Waals surface area contributed by atoms with Crippen LogP contribution in [0.15, 0.2) is 54.9 Å². The summed E-state index contributed by atoms with van der Waals surface area (Å²) >= 11 is 0. The van der Waals surface area contributed by atoms with Crippen LogP contribution < -0.4 is 0 Å². The maximum Gasteiger partial charge on any atom is 0.0959 e. The van der Waals surface area contributed by atoms with Gasteiger partial charge in [-0.1, -0.05) is 43.3 Å². The number of aromatic nitrogens is 2. The molecule has 3 aromatic rings. The summed E-state index contributed by atoms with van der Waals surface area (Å²) in [6.07, 6.45) is 3.10. The molecule has 108 valence electrons. The van der Waals surface area contributed by atoms with Crippen LogP contribution in [0, 0.1) is 0 Å². The van der Waals surface area contributed by atoms with Crippen LogP contribution in [0.5, 0.6) is 0 Å². The molecule has 0 saturated carbocycles. The van der Waals surface area contributed by atoms with E-state index < -0.39 is 6.10 Å². The maximum absolute atomic E-state index is 10.3. The molecule has 3 rings (SSSR count). The first kappa shape index (κ1) is 13.8. The van der Waals surface area contributed by atoms with E-state index in [1.54, 1.807) is 6.33 Å². The van der Waals surface area contributed by atoms with Crippen molar-refractivity contribution in [1.29, 1.82) is 0 Å². The standard InChI is InChI=1S/C18H20N2O/c1-2-14-7-9-15(10-8-14)11-16(21)12-20-13-19-17-5-3-4-6-18(17)20/h3-10,13,16,21H,2,11-12H2,1H3. The van der Waals surface area contributed by atoms with Gasteiger partial charge >= 0.3 is 0 Å². The number of hydrogen-bond acceptors (Lipinski definition) is 2. The molecule has 0 amide bonds. The van der Waals surface area contributed by atoms with E-state index in [-0.39, 0.29) is 0 Å². The minimum absolute atomic E-state index is 0.407. The van der Waals surface area contributed by atoms with Crippen LogP contribution in [-0.2, 0) is 19.4 Å². The second kappa shape index (κ2) is 6.10. The molecular formula is C18H20N2O. The summed E-state index contributed by atoms with van der Waals surface area (Å²) < 4.78 is 2.01. The Hall–Kier alpha value is -2.13. The quantitative estimate of drug-likeness (QED) is 0.779. The van der Waals surface area contributed by atoms with E-state index in [9.17, 15) is 5.11 Å². The van der Waals surface area contributed by atoms with Gasteiger partial charge in [0.25, 0.3) is 0 Å². The van der Waals surface area contributed by atoms with E-state index >= 15 is 0 Å². The average Bonchev–Trinajstić information content (AvgIpc) is 2.91. The number of aliphatic hydroxyl groups excluding tert-OH is 1. The van der Waals surface area contributed by atoms with E-state index in [1.165, 1.54) is 11.1 Å². The van der Waals surface area contributed by atoms with Crippen molar-refractivity contribution in [2.45, 2.75) is 32.4 Å². The Kier molecular flexibility index (Phi) is 4.02. The van der Waals surface area contributed by atoms with Crippen LogP contribution in [0.1, 0.15) is 18.1 Å².